The average molecular weight is 307 g/mol. The maximum absolute atomic E-state index is 10.3. The van der Waals surface area contributed by atoms with Crippen LogP contribution in [0, 0.1) is 11.3 Å². The lowest BCUT2D eigenvalue weighted by Gasteiger charge is -2.46. The summed E-state index contributed by atoms with van der Waals surface area (Å²) in [5.41, 5.74) is 2.35. The van der Waals surface area contributed by atoms with Crippen molar-refractivity contribution in [2.24, 2.45) is 0 Å². The van der Waals surface area contributed by atoms with E-state index in [0.717, 1.165) is 36.3 Å². The molecule has 2 aliphatic rings. The predicted octanol–water partition coefficient (Wildman–Crippen LogP) is 1.49. The van der Waals surface area contributed by atoms with Crippen molar-refractivity contribution in [3.8, 4) is 17.5 Å². The fraction of sp³-hybridized carbons (Fsp3) is 0.412. The van der Waals surface area contributed by atoms with E-state index in [2.05, 4.69) is 16.0 Å². The van der Waals surface area contributed by atoms with Crippen LogP contribution >= 0.6 is 0 Å². The number of nitriles is 1. The van der Waals surface area contributed by atoms with Crippen molar-refractivity contribution in [3.63, 3.8) is 0 Å². The molecule has 4 rings (SSSR count). The van der Waals surface area contributed by atoms with Gasteiger partial charge in [0, 0.05) is 29.2 Å². The zero-order valence-electron chi connectivity index (χ0n) is 12.7. The van der Waals surface area contributed by atoms with E-state index in [0.29, 0.717) is 18.9 Å². The molecule has 0 saturated carbocycles. The largest absolute Gasteiger partial charge is 0.385 e. The van der Waals surface area contributed by atoms with Crippen molar-refractivity contribution in [1.82, 2.24) is 15.0 Å². The highest BCUT2D eigenvalue weighted by molar-refractivity contribution is 5.62. The topological polar surface area (TPSA) is 85.9 Å². The average Bonchev–Trinajstić information content (AvgIpc) is 3.01. The van der Waals surface area contributed by atoms with Gasteiger partial charge in [-0.2, -0.15) is 5.26 Å². The number of anilines is 1. The molecule has 3 heterocycles. The first-order valence-electron chi connectivity index (χ1n) is 7.83. The Bertz CT molecular complexity index is 778. The molecule has 2 aromatic rings. The predicted molar refractivity (Wildman–Crippen MR) is 84.7 cm³/mol. The van der Waals surface area contributed by atoms with Crippen molar-refractivity contribution in [2.75, 3.05) is 18.0 Å². The number of hydrogen-bond donors (Lipinski definition) is 1. The van der Waals surface area contributed by atoms with Gasteiger partial charge < -0.3 is 10.0 Å². The van der Waals surface area contributed by atoms with Gasteiger partial charge in [0.15, 0.2) is 5.82 Å². The summed E-state index contributed by atoms with van der Waals surface area (Å²) in [5, 5.41) is 19.1. The molecule has 0 unspecified atom stereocenters. The number of aliphatic hydroxyl groups is 1. The summed E-state index contributed by atoms with van der Waals surface area (Å²) in [7, 11) is 0. The lowest BCUT2D eigenvalue weighted by atomic mass is 9.90. The number of hydrogen-bond acceptors (Lipinski definition) is 6. The third kappa shape index (κ3) is 2.43. The SMILES string of the molecule is N#CCC1(O)CN(c2nc(-c3ccncc3)nc3c2CCC3)C1. The number of aryl methyl sites for hydroxylation is 1. The van der Waals surface area contributed by atoms with E-state index < -0.39 is 5.60 Å². The monoisotopic (exact) mass is 307 g/mol. The highest BCUT2D eigenvalue weighted by atomic mass is 16.3. The van der Waals surface area contributed by atoms with Crippen LogP contribution in [0.2, 0.25) is 0 Å². The van der Waals surface area contributed by atoms with Crippen LogP contribution in [0.4, 0.5) is 5.82 Å². The van der Waals surface area contributed by atoms with Gasteiger partial charge in [0.25, 0.3) is 0 Å². The molecule has 1 saturated heterocycles. The minimum Gasteiger partial charge on any atom is -0.385 e. The normalized spacial score (nSPS) is 18.2. The number of rotatable bonds is 3. The van der Waals surface area contributed by atoms with Crippen LogP contribution in [0.3, 0.4) is 0 Å². The molecule has 0 aromatic carbocycles. The summed E-state index contributed by atoms with van der Waals surface area (Å²) in [4.78, 5) is 15.6. The molecule has 0 atom stereocenters. The van der Waals surface area contributed by atoms with Crippen LogP contribution in [0.25, 0.3) is 11.4 Å². The minimum atomic E-state index is -0.901. The van der Waals surface area contributed by atoms with Crippen LogP contribution in [0.15, 0.2) is 24.5 Å². The molecule has 0 radical (unpaired) electrons. The van der Waals surface area contributed by atoms with E-state index in [4.69, 9.17) is 15.2 Å². The van der Waals surface area contributed by atoms with Gasteiger partial charge in [-0.3, -0.25) is 4.98 Å². The lowest BCUT2D eigenvalue weighted by molar-refractivity contribution is 0.0161. The second kappa shape index (κ2) is 5.28. The fourth-order valence-corrected chi connectivity index (χ4v) is 3.38. The maximum Gasteiger partial charge on any atom is 0.161 e. The molecular weight excluding hydrogens is 290 g/mol. The molecule has 1 aliphatic heterocycles. The summed E-state index contributed by atoms with van der Waals surface area (Å²) >= 11 is 0. The second-order valence-electron chi connectivity index (χ2n) is 6.30. The van der Waals surface area contributed by atoms with E-state index in [-0.39, 0.29) is 6.42 Å². The first kappa shape index (κ1) is 14.1. The van der Waals surface area contributed by atoms with Gasteiger partial charge in [0.1, 0.15) is 11.4 Å². The van der Waals surface area contributed by atoms with Crippen molar-refractivity contribution in [1.29, 1.82) is 5.26 Å². The molecule has 1 N–H and O–H groups in total. The molecule has 23 heavy (non-hydrogen) atoms. The van der Waals surface area contributed by atoms with E-state index >= 15 is 0 Å². The summed E-state index contributed by atoms with van der Waals surface area (Å²) in [5.74, 6) is 1.63. The molecule has 6 nitrogen and oxygen atoms in total. The van der Waals surface area contributed by atoms with Crippen molar-refractivity contribution >= 4 is 5.82 Å². The molecular formula is C17H17N5O. The molecule has 2 aromatic heterocycles. The third-order valence-electron chi connectivity index (χ3n) is 4.53. The van der Waals surface area contributed by atoms with Crippen LogP contribution in [-0.4, -0.2) is 38.7 Å². The Balaban J connectivity index is 1.70. The second-order valence-corrected chi connectivity index (χ2v) is 6.30. The maximum atomic E-state index is 10.3. The van der Waals surface area contributed by atoms with Gasteiger partial charge in [0.05, 0.1) is 25.6 Å². The van der Waals surface area contributed by atoms with Crippen LogP contribution < -0.4 is 4.90 Å². The lowest BCUT2D eigenvalue weighted by Crippen LogP contribution is -2.62. The first-order valence-corrected chi connectivity index (χ1v) is 7.83. The Hall–Kier alpha value is -2.52. The quantitative estimate of drug-likeness (QED) is 0.924. The van der Waals surface area contributed by atoms with Gasteiger partial charge in [0.2, 0.25) is 0 Å². The molecule has 6 heteroatoms. The van der Waals surface area contributed by atoms with Gasteiger partial charge in [-0.1, -0.05) is 0 Å². The molecule has 116 valence electrons. The molecule has 1 aliphatic carbocycles. The zero-order valence-corrected chi connectivity index (χ0v) is 12.7. The van der Waals surface area contributed by atoms with Crippen LogP contribution in [0.1, 0.15) is 24.1 Å². The van der Waals surface area contributed by atoms with Crippen molar-refractivity contribution in [2.45, 2.75) is 31.3 Å². The summed E-state index contributed by atoms with van der Waals surface area (Å²) in [6.07, 6.45) is 6.68. The third-order valence-corrected chi connectivity index (χ3v) is 4.53. The van der Waals surface area contributed by atoms with Gasteiger partial charge >= 0.3 is 0 Å². The number of nitrogens with zero attached hydrogens (tertiary/aromatic N) is 5. The molecule has 0 bridgehead atoms. The molecule has 1 fully saturated rings. The Morgan fingerprint density at radius 3 is 2.74 bits per heavy atom. The number of pyridine rings is 1. The zero-order chi connectivity index (χ0) is 15.9. The van der Waals surface area contributed by atoms with Crippen molar-refractivity contribution < 1.29 is 5.11 Å². The van der Waals surface area contributed by atoms with Crippen LogP contribution in [0.5, 0.6) is 0 Å². The van der Waals surface area contributed by atoms with Gasteiger partial charge in [-0.05, 0) is 31.4 Å². The minimum absolute atomic E-state index is 0.161. The van der Waals surface area contributed by atoms with E-state index in [9.17, 15) is 5.11 Å². The molecule has 0 spiro atoms. The van der Waals surface area contributed by atoms with E-state index in [1.165, 1.54) is 5.56 Å². The summed E-state index contributed by atoms with van der Waals surface area (Å²) in [6, 6.07) is 5.87. The van der Waals surface area contributed by atoms with Crippen molar-refractivity contribution in [3.05, 3.63) is 35.8 Å². The number of β-amino-alcohol motifs (C(OH)–C–C–N with tert-alkyl or cyclic N) is 1. The van der Waals surface area contributed by atoms with Gasteiger partial charge in [-0.15, -0.1) is 0 Å². The highest BCUT2D eigenvalue weighted by Crippen LogP contribution is 2.36. The molecule has 0 amide bonds. The van der Waals surface area contributed by atoms with Gasteiger partial charge in [-0.25, -0.2) is 9.97 Å². The highest BCUT2D eigenvalue weighted by Gasteiger charge is 2.43. The van der Waals surface area contributed by atoms with E-state index in [1.54, 1.807) is 12.4 Å². The Morgan fingerprint density at radius 1 is 1.22 bits per heavy atom. The Morgan fingerprint density at radius 2 is 2.00 bits per heavy atom. The standard InChI is InChI=1S/C17H17N5O/c18-7-6-17(23)10-22(11-17)16-13-2-1-3-14(13)20-15(21-16)12-4-8-19-9-5-12/h4-5,8-9,23H,1-3,6,10-11H2. The van der Waals surface area contributed by atoms with E-state index in [1.807, 2.05) is 12.1 Å². The summed E-state index contributed by atoms with van der Waals surface area (Å²) < 4.78 is 0. The smallest absolute Gasteiger partial charge is 0.161 e. The fourth-order valence-electron chi connectivity index (χ4n) is 3.38. The first-order chi connectivity index (χ1) is 11.2. The Labute approximate surface area is 134 Å². The Kier molecular flexibility index (Phi) is 3.24. The number of fused-ring (bicyclic) bond motifs is 1. The summed E-state index contributed by atoms with van der Waals surface area (Å²) in [6.45, 7) is 0.916. The van der Waals surface area contributed by atoms with Crippen LogP contribution in [-0.2, 0) is 12.8 Å². The number of aromatic nitrogens is 3.